The third-order valence-electron chi connectivity index (χ3n) is 4.72. The first kappa shape index (κ1) is 21.8. The van der Waals surface area contributed by atoms with E-state index in [1.54, 1.807) is 48.5 Å². The van der Waals surface area contributed by atoms with Crippen molar-refractivity contribution in [1.82, 2.24) is 10.2 Å². The molecule has 1 aromatic heterocycles. The summed E-state index contributed by atoms with van der Waals surface area (Å²) in [5, 5.41) is 14.5. The molecule has 0 atom stereocenters. The Morgan fingerprint density at radius 2 is 1.73 bits per heavy atom. The molecular formula is C23H16ClN3O6. The lowest BCUT2D eigenvalue weighted by molar-refractivity contribution is -0.127. The molecule has 33 heavy (non-hydrogen) atoms. The molecule has 0 aliphatic carbocycles. The van der Waals surface area contributed by atoms with Crippen molar-refractivity contribution in [2.24, 2.45) is 0 Å². The zero-order valence-electron chi connectivity index (χ0n) is 16.9. The highest BCUT2D eigenvalue weighted by Gasteiger charge is 2.35. The van der Waals surface area contributed by atoms with Crippen molar-refractivity contribution in [2.75, 3.05) is 11.9 Å². The summed E-state index contributed by atoms with van der Waals surface area (Å²) in [6.45, 7) is -0.468. The zero-order valence-corrected chi connectivity index (χ0v) is 17.6. The number of nitrogens with one attached hydrogen (secondary N) is 2. The maximum Gasteiger partial charge on any atom is 0.335 e. The molecule has 166 valence electrons. The third kappa shape index (κ3) is 4.94. The number of carboxylic acids is 1. The van der Waals surface area contributed by atoms with E-state index in [2.05, 4.69) is 10.6 Å². The van der Waals surface area contributed by atoms with Crippen LogP contribution < -0.4 is 10.6 Å². The summed E-state index contributed by atoms with van der Waals surface area (Å²) < 4.78 is 5.68. The molecule has 3 aromatic rings. The van der Waals surface area contributed by atoms with Crippen LogP contribution in [0.3, 0.4) is 0 Å². The summed E-state index contributed by atoms with van der Waals surface area (Å²) in [7, 11) is 0. The number of urea groups is 1. The van der Waals surface area contributed by atoms with Gasteiger partial charge >= 0.3 is 12.0 Å². The number of anilines is 1. The van der Waals surface area contributed by atoms with Gasteiger partial charge in [0.15, 0.2) is 0 Å². The first-order valence-electron chi connectivity index (χ1n) is 9.64. The first-order valence-corrected chi connectivity index (χ1v) is 10.0. The van der Waals surface area contributed by atoms with E-state index < -0.39 is 30.4 Å². The molecule has 9 nitrogen and oxygen atoms in total. The van der Waals surface area contributed by atoms with Crippen LogP contribution in [0.4, 0.5) is 10.5 Å². The Balaban J connectivity index is 1.43. The van der Waals surface area contributed by atoms with Gasteiger partial charge in [-0.05, 0) is 48.5 Å². The predicted molar refractivity (Wildman–Crippen MR) is 119 cm³/mol. The predicted octanol–water partition coefficient (Wildman–Crippen LogP) is 3.83. The van der Waals surface area contributed by atoms with Crippen LogP contribution in [-0.2, 0) is 9.59 Å². The molecule has 1 aliphatic heterocycles. The van der Waals surface area contributed by atoms with E-state index in [0.717, 1.165) is 4.90 Å². The van der Waals surface area contributed by atoms with E-state index in [-0.39, 0.29) is 11.3 Å². The zero-order chi connectivity index (χ0) is 23.5. The molecule has 0 bridgehead atoms. The van der Waals surface area contributed by atoms with Crippen LogP contribution in [0.2, 0.25) is 5.02 Å². The normalized spacial score (nSPS) is 14.5. The van der Waals surface area contributed by atoms with Gasteiger partial charge in [-0.3, -0.25) is 9.59 Å². The van der Waals surface area contributed by atoms with Gasteiger partial charge in [0.25, 0.3) is 5.91 Å². The van der Waals surface area contributed by atoms with Crippen molar-refractivity contribution < 1.29 is 28.7 Å². The number of rotatable bonds is 6. The van der Waals surface area contributed by atoms with Crippen LogP contribution in [-0.4, -0.2) is 40.4 Å². The number of carbonyl (C=O) groups excluding carboxylic acids is 3. The smallest absolute Gasteiger partial charge is 0.335 e. The minimum absolute atomic E-state index is 0.0404. The summed E-state index contributed by atoms with van der Waals surface area (Å²) in [6, 6.07) is 15.0. The number of nitrogens with zero attached hydrogens (tertiary/aromatic N) is 1. The number of imide groups is 1. The van der Waals surface area contributed by atoms with Crippen LogP contribution in [0, 0.1) is 0 Å². The van der Waals surface area contributed by atoms with Crippen LogP contribution in [0.15, 0.2) is 70.8 Å². The Morgan fingerprint density at radius 1 is 1.03 bits per heavy atom. The molecular weight excluding hydrogens is 450 g/mol. The van der Waals surface area contributed by atoms with Gasteiger partial charge in [-0.1, -0.05) is 23.7 Å². The molecule has 1 fully saturated rings. The number of benzene rings is 2. The molecule has 0 unspecified atom stereocenters. The largest absolute Gasteiger partial charge is 0.478 e. The minimum atomic E-state index is -1.03. The molecule has 1 saturated heterocycles. The van der Waals surface area contributed by atoms with Crippen molar-refractivity contribution in [3.8, 4) is 11.3 Å². The highest BCUT2D eigenvalue weighted by Crippen LogP contribution is 2.24. The second-order valence-corrected chi connectivity index (χ2v) is 7.46. The highest BCUT2D eigenvalue weighted by molar-refractivity contribution is 6.30. The second kappa shape index (κ2) is 9.01. The van der Waals surface area contributed by atoms with E-state index in [1.807, 2.05) is 0 Å². The number of carbonyl (C=O) groups is 4. The second-order valence-electron chi connectivity index (χ2n) is 7.02. The maximum absolute atomic E-state index is 12.6. The Hall–Kier alpha value is -4.37. The lowest BCUT2D eigenvalue weighted by Crippen LogP contribution is -2.38. The minimum Gasteiger partial charge on any atom is -0.478 e. The fraction of sp³-hybridized carbons (Fsp3) is 0.0435. The number of carboxylic acid groups (broad SMARTS) is 1. The fourth-order valence-electron chi connectivity index (χ4n) is 3.10. The maximum atomic E-state index is 12.6. The molecule has 2 aromatic carbocycles. The first-order chi connectivity index (χ1) is 15.8. The Labute approximate surface area is 192 Å². The van der Waals surface area contributed by atoms with Gasteiger partial charge < -0.3 is 20.2 Å². The van der Waals surface area contributed by atoms with E-state index in [9.17, 15) is 19.2 Å². The SMILES string of the molecule is O=C(CN1C(=O)N/C(=C\c2ccc(-c3ccc(C(=O)O)cc3)o2)C1=O)Nc1ccc(Cl)cc1. The molecule has 4 amide bonds. The molecule has 3 N–H and O–H groups in total. The molecule has 4 rings (SSSR count). The van der Waals surface area contributed by atoms with E-state index in [0.29, 0.717) is 27.8 Å². The lowest BCUT2D eigenvalue weighted by Gasteiger charge is -2.11. The topological polar surface area (TPSA) is 129 Å². The summed E-state index contributed by atoms with van der Waals surface area (Å²) in [5.41, 5.74) is 1.23. The van der Waals surface area contributed by atoms with E-state index in [1.165, 1.54) is 18.2 Å². The van der Waals surface area contributed by atoms with Gasteiger partial charge in [-0.2, -0.15) is 0 Å². The summed E-state index contributed by atoms with van der Waals surface area (Å²) in [6.07, 6.45) is 1.35. The van der Waals surface area contributed by atoms with E-state index in [4.69, 9.17) is 21.1 Å². The molecule has 2 heterocycles. The fourth-order valence-corrected chi connectivity index (χ4v) is 3.22. The number of hydrogen-bond acceptors (Lipinski definition) is 5. The number of furan rings is 1. The van der Waals surface area contributed by atoms with Crippen LogP contribution in [0.1, 0.15) is 16.1 Å². The van der Waals surface area contributed by atoms with Crippen LogP contribution in [0.25, 0.3) is 17.4 Å². The number of aromatic carboxylic acids is 1. The van der Waals surface area contributed by atoms with Crippen molar-refractivity contribution >= 4 is 47.2 Å². The highest BCUT2D eigenvalue weighted by atomic mass is 35.5. The Morgan fingerprint density at radius 3 is 2.39 bits per heavy atom. The Bertz CT molecular complexity index is 1280. The average Bonchev–Trinajstić information content (AvgIpc) is 3.36. The van der Waals surface area contributed by atoms with Crippen molar-refractivity contribution in [2.45, 2.75) is 0 Å². The van der Waals surface area contributed by atoms with Gasteiger partial charge in [-0.25, -0.2) is 14.5 Å². The van der Waals surface area contributed by atoms with Crippen molar-refractivity contribution in [1.29, 1.82) is 0 Å². The average molecular weight is 466 g/mol. The quantitative estimate of drug-likeness (QED) is 0.375. The van der Waals surface area contributed by atoms with Crippen LogP contribution in [0.5, 0.6) is 0 Å². The Kier molecular flexibility index (Phi) is 5.97. The van der Waals surface area contributed by atoms with Gasteiger partial charge in [0.05, 0.1) is 5.56 Å². The number of amides is 4. The summed E-state index contributed by atoms with van der Waals surface area (Å²) in [5.74, 6) is -1.51. The number of halogens is 1. The van der Waals surface area contributed by atoms with Gasteiger partial charge in [0.1, 0.15) is 23.8 Å². The number of hydrogen-bond donors (Lipinski definition) is 3. The van der Waals surface area contributed by atoms with Gasteiger partial charge in [0.2, 0.25) is 5.91 Å². The summed E-state index contributed by atoms with van der Waals surface area (Å²) >= 11 is 5.81. The monoisotopic (exact) mass is 465 g/mol. The van der Waals surface area contributed by atoms with Crippen LogP contribution >= 0.6 is 11.6 Å². The third-order valence-corrected chi connectivity index (χ3v) is 4.97. The molecule has 1 aliphatic rings. The molecule has 0 radical (unpaired) electrons. The van der Waals surface area contributed by atoms with Gasteiger partial charge in [-0.15, -0.1) is 0 Å². The molecule has 0 spiro atoms. The van der Waals surface area contributed by atoms with E-state index >= 15 is 0 Å². The van der Waals surface area contributed by atoms with Gasteiger partial charge in [0, 0.05) is 22.3 Å². The standard InChI is InChI=1S/C23H16ClN3O6/c24-15-5-7-16(8-6-15)25-20(28)12-27-21(29)18(26-23(27)32)11-17-9-10-19(33-17)13-1-3-14(4-2-13)22(30)31/h1-11H,12H2,(H,25,28)(H,26,32)(H,30,31)/b18-11-. The lowest BCUT2D eigenvalue weighted by atomic mass is 10.1. The molecule has 0 saturated carbocycles. The summed E-state index contributed by atoms with van der Waals surface area (Å²) in [4.78, 5) is 48.8. The van der Waals surface area contributed by atoms with Crippen molar-refractivity contribution in [3.05, 3.63) is 82.7 Å². The molecule has 10 heteroatoms. The van der Waals surface area contributed by atoms with Crippen molar-refractivity contribution in [3.63, 3.8) is 0 Å².